The molecule has 0 amide bonds. The van der Waals surface area contributed by atoms with Crippen molar-refractivity contribution in [3.63, 3.8) is 0 Å². The van der Waals surface area contributed by atoms with Crippen molar-refractivity contribution in [2.45, 2.75) is 13.8 Å². The summed E-state index contributed by atoms with van der Waals surface area (Å²) in [6.07, 6.45) is 0. The van der Waals surface area contributed by atoms with Gasteiger partial charge >= 0.3 is 0 Å². The second-order valence-electron chi connectivity index (χ2n) is 4.51. The number of Topliss-reactive ketones (excluding diaryl/α,β-unsaturated/α-hetero) is 1. The quantitative estimate of drug-likeness (QED) is 0.389. The predicted molar refractivity (Wildman–Crippen MR) is 78.7 cm³/mol. The van der Waals surface area contributed by atoms with Crippen molar-refractivity contribution in [1.82, 2.24) is 5.48 Å². The van der Waals surface area contributed by atoms with Gasteiger partial charge in [0.15, 0.2) is 5.84 Å². The third-order valence-corrected chi connectivity index (χ3v) is 3.02. The number of amidine groups is 1. The molecule has 2 rings (SSSR count). The number of rotatable bonds is 3. The molecule has 0 aliphatic rings. The lowest BCUT2D eigenvalue weighted by molar-refractivity contribution is 0.104. The number of carbonyl (C=O) groups is 1. The van der Waals surface area contributed by atoms with Gasteiger partial charge in [-0.15, -0.1) is 0 Å². The van der Waals surface area contributed by atoms with Gasteiger partial charge in [-0.05, 0) is 25.0 Å². The maximum Gasteiger partial charge on any atom is 0.230 e. The Morgan fingerprint density at radius 2 is 1.60 bits per heavy atom. The Morgan fingerprint density at radius 3 is 2.15 bits per heavy atom. The minimum atomic E-state index is -0.351. The summed E-state index contributed by atoms with van der Waals surface area (Å²) in [5.41, 5.74) is 4.95. The van der Waals surface area contributed by atoms with Crippen LogP contribution >= 0.6 is 0 Å². The first-order valence-corrected chi connectivity index (χ1v) is 6.28. The summed E-state index contributed by atoms with van der Waals surface area (Å²) in [5, 5.41) is 9.20. The smallest absolute Gasteiger partial charge is 0.230 e. The van der Waals surface area contributed by atoms with Gasteiger partial charge in [0.25, 0.3) is 0 Å². The summed E-state index contributed by atoms with van der Waals surface area (Å²) in [6.45, 7) is 3.82. The Labute approximate surface area is 117 Å². The second kappa shape index (κ2) is 6.12. The molecule has 0 aliphatic heterocycles. The first-order chi connectivity index (χ1) is 9.63. The molecule has 2 aromatic carbocycles. The third kappa shape index (κ3) is 2.92. The van der Waals surface area contributed by atoms with Gasteiger partial charge in [0.05, 0.1) is 5.69 Å². The minimum Gasteiger partial charge on any atom is -0.290 e. The van der Waals surface area contributed by atoms with E-state index in [0.717, 1.165) is 11.1 Å². The van der Waals surface area contributed by atoms with E-state index in [2.05, 4.69) is 4.99 Å². The van der Waals surface area contributed by atoms with Crippen LogP contribution in [0.1, 0.15) is 21.5 Å². The lowest BCUT2D eigenvalue weighted by atomic mass is 10.1. The maximum absolute atomic E-state index is 12.2. The van der Waals surface area contributed by atoms with Crippen molar-refractivity contribution in [2.75, 3.05) is 0 Å². The Hall–Kier alpha value is -2.46. The Kier molecular flexibility index (Phi) is 4.27. The van der Waals surface area contributed by atoms with Crippen molar-refractivity contribution in [3.05, 3.63) is 65.2 Å². The number of nitrogens with zero attached hydrogens (tertiary/aromatic N) is 1. The SMILES string of the molecule is Cc1cccc(C)c1N=C(NO)C(=O)c1ccccc1. The monoisotopic (exact) mass is 268 g/mol. The van der Waals surface area contributed by atoms with E-state index in [4.69, 9.17) is 0 Å². The molecule has 2 aromatic rings. The summed E-state index contributed by atoms with van der Waals surface area (Å²) < 4.78 is 0. The summed E-state index contributed by atoms with van der Waals surface area (Å²) in [7, 11) is 0. The van der Waals surface area contributed by atoms with E-state index in [1.807, 2.05) is 43.6 Å². The summed E-state index contributed by atoms with van der Waals surface area (Å²) in [5.74, 6) is -0.440. The van der Waals surface area contributed by atoms with E-state index in [1.54, 1.807) is 24.3 Å². The minimum absolute atomic E-state index is 0.0893. The highest BCUT2D eigenvalue weighted by molar-refractivity contribution is 6.45. The molecule has 20 heavy (non-hydrogen) atoms. The fourth-order valence-electron chi connectivity index (χ4n) is 1.95. The van der Waals surface area contributed by atoms with E-state index >= 15 is 0 Å². The van der Waals surface area contributed by atoms with Crippen molar-refractivity contribution in [3.8, 4) is 0 Å². The summed E-state index contributed by atoms with van der Waals surface area (Å²) >= 11 is 0. The van der Waals surface area contributed by atoms with Crippen molar-refractivity contribution in [1.29, 1.82) is 0 Å². The van der Waals surface area contributed by atoms with Gasteiger partial charge in [-0.2, -0.15) is 0 Å². The molecule has 0 spiro atoms. The van der Waals surface area contributed by atoms with Crippen molar-refractivity contribution in [2.24, 2.45) is 4.99 Å². The number of hydrogen-bond acceptors (Lipinski definition) is 3. The maximum atomic E-state index is 12.2. The van der Waals surface area contributed by atoms with E-state index in [1.165, 1.54) is 0 Å². The zero-order chi connectivity index (χ0) is 14.5. The number of hydroxylamine groups is 1. The molecule has 0 radical (unpaired) electrons. The molecule has 0 saturated carbocycles. The van der Waals surface area contributed by atoms with Gasteiger partial charge in [0, 0.05) is 5.56 Å². The topological polar surface area (TPSA) is 61.7 Å². The highest BCUT2D eigenvalue weighted by Gasteiger charge is 2.14. The lowest BCUT2D eigenvalue weighted by Crippen LogP contribution is -2.28. The van der Waals surface area contributed by atoms with Gasteiger partial charge in [0.2, 0.25) is 5.78 Å². The van der Waals surface area contributed by atoms with E-state index in [0.29, 0.717) is 11.3 Å². The molecular weight excluding hydrogens is 252 g/mol. The number of carbonyl (C=O) groups excluding carboxylic acids is 1. The lowest BCUT2D eigenvalue weighted by Gasteiger charge is -2.08. The van der Waals surface area contributed by atoms with E-state index < -0.39 is 0 Å². The Balaban J connectivity index is 2.42. The number of nitrogens with one attached hydrogen (secondary N) is 1. The Bertz CT molecular complexity index is 629. The second-order valence-corrected chi connectivity index (χ2v) is 4.51. The molecule has 0 aliphatic carbocycles. The van der Waals surface area contributed by atoms with Gasteiger partial charge < -0.3 is 0 Å². The van der Waals surface area contributed by atoms with Crippen molar-refractivity contribution < 1.29 is 10.0 Å². The number of aryl methyl sites for hydroxylation is 2. The number of hydrogen-bond donors (Lipinski definition) is 2. The number of benzene rings is 2. The summed E-state index contributed by atoms with van der Waals surface area (Å²) in [4.78, 5) is 16.5. The molecule has 0 bridgehead atoms. The fraction of sp³-hybridized carbons (Fsp3) is 0.125. The number of para-hydroxylation sites is 1. The molecule has 0 unspecified atom stereocenters. The molecule has 0 saturated heterocycles. The molecule has 4 heteroatoms. The zero-order valence-corrected chi connectivity index (χ0v) is 11.4. The van der Waals surface area contributed by atoms with Gasteiger partial charge in [-0.25, -0.2) is 10.5 Å². The standard InChI is InChI=1S/C16H16N2O2/c1-11-7-6-8-12(2)14(11)17-16(18-20)15(19)13-9-4-3-5-10-13/h3-10,20H,1-2H3,(H,17,18). The highest BCUT2D eigenvalue weighted by Crippen LogP contribution is 2.23. The van der Waals surface area contributed by atoms with Crippen LogP contribution in [0, 0.1) is 13.8 Å². The van der Waals surface area contributed by atoms with Crippen LogP contribution in [0.3, 0.4) is 0 Å². The van der Waals surface area contributed by atoms with Crippen LogP contribution in [0.5, 0.6) is 0 Å². The average Bonchev–Trinajstić information content (AvgIpc) is 2.47. The zero-order valence-electron chi connectivity index (χ0n) is 11.4. The van der Waals surface area contributed by atoms with Crippen LogP contribution in [0.15, 0.2) is 53.5 Å². The van der Waals surface area contributed by atoms with Crippen LogP contribution < -0.4 is 5.48 Å². The van der Waals surface area contributed by atoms with Crippen LogP contribution in [0.2, 0.25) is 0 Å². The highest BCUT2D eigenvalue weighted by atomic mass is 16.5. The van der Waals surface area contributed by atoms with Crippen LogP contribution in [-0.2, 0) is 0 Å². The van der Waals surface area contributed by atoms with Gasteiger partial charge in [0.1, 0.15) is 0 Å². The number of aliphatic imine (C=N–C) groups is 1. The molecule has 0 aromatic heterocycles. The van der Waals surface area contributed by atoms with Crippen LogP contribution in [0.25, 0.3) is 0 Å². The van der Waals surface area contributed by atoms with E-state index in [9.17, 15) is 10.0 Å². The molecule has 4 nitrogen and oxygen atoms in total. The first kappa shape index (κ1) is 14.0. The largest absolute Gasteiger partial charge is 0.290 e. The summed E-state index contributed by atoms with van der Waals surface area (Å²) in [6, 6.07) is 14.5. The molecule has 102 valence electrons. The molecule has 0 fully saturated rings. The number of ketones is 1. The normalized spacial score (nSPS) is 11.2. The molecule has 0 atom stereocenters. The average molecular weight is 268 g/mol. The fourth-order valence-corrected chi connectivity index (χ4v) is 1.95. The van der Waals surface area contributed by atoms with Gasteiger partial charge in [-0.1, -0.05) is 48.5 Å². The molecule has 2 N–H and O–H groups in total. The predicted octanol–water partition coefficient (Wildman–Crippen LogP) is 3.20. The molecular formula is C16H16N2O2. The van der Waals surface area contributed by atoms with Crippen molar-refractivity contribution >= 4 is 17.3 Å². The first-order valence-electron chi connectivity index (χ1n) is 6.28. The molecule has 0 heterocycles. The Morgan fingerprint density at radius 1 is 1.00 bits per heavy atom. The van der Waals surface area contributed by atoms with Crippen LogP contribution in [0.4, 0.5) is 5.69 Å². The van der Waals surface area contributed by atoms with Crippen LogP contribution in [-0.4, -0.2) is 16.8 Å². The van der Waals surface area contributed by atoms with E-state index in [-0.39, 0.29) is 11.6 Å². The van der Waals surface area contributed by atoms with Gasteiger partial charge in [-0.3, -0.25) is 10.0 Å². The third-order valence-electron chi connectivity index (χ3n) is 3.02.